The predicted octanol–water partition coefficient (Wildman–Crippen LogP) is 2.27. The predicted molar refractivity (Wildman–Crippen MR) is 50.5 cm³/mol. The van der Waals surface area contributed by atoms with Gasteiger partial charge in [-0.1, -0.05) is 11.6 Å². The van der Waals surface area contributed by atoms with Crippen LogP contribution in [-0.2, 0) is 0 Å². The lowest BCUT2D eigenvalue weighted by Crippen LogP contribution is -1.91. The van der Waals surface area contributed by atoms with Crippen molar-refractivity contribution in [3.05, 3.63) is 16.5 Å². The van der Waals surface area contributed by atoms with Gasteiger partial charge in [0.1, 0.15) is 5.65 Å². The van der Waals surface area contributed by atoms with E-state index in [-0.39, 0.29) is 5.28 Å². The molecule has 4 nitrogen and oxygen atoms in total. The maximum atomic E-state index is 5.87. The molecule has 0 aliphatic rings. The van der Waals surface area contributed by atoms with Gasteiger partial charge in [-0.25, -0.2) is 0 Å². The number of nitrogens with one attached hydrogen (secondary N) is 1. The van der Waals surface area contributed by atoms with Crippen molar-refractivity contribution in [1.29, 1.82) is 0 Å². The van der Waals surface area contributed by atoms with Crippen LogP contribution >= 0.6 is 23.2 Å². The highest BCUT2D eigenvalue weighted by Gasteiger charge is 2.11. The Hall–Kier alpha value is -1.00. The van der Waals surface area contributed by atoms with Crippen molar-refractivity contribution in [2.24, 2.45) is 0 Å². The fraction of sp³-hybridized carbons (Fsp3) is 0.143. The number of hydrogen-bond acceptors (Lipinski definition) is 3. The Kier molecular flexibility index (Phi) is 2.01. The second-order valence-electron chi connectivity index (χ2n) is 2.36. The van der Waals surface area contributed by atoms with Gasteiger partial charge in [0, 0.05) is 6.20 Å². The summed E-state index contributed by atoms with van der Waals surface area (Å²) in [6.07, 6.45) is 1.61. The second-order valence-corrected chi connectivity index (χ2v) is 3.11. The van der Waals surface area contributed by atoms with Crippen LogP contribution in [0.4, 0.5) is 0 Å². The van der Waals surface area contributed by atoms with Gasteiger partial charge in [0.2, 0.25) is 11.2 Å². The molecule has 0 amide bonds. The van der Waals surface area contributed by atoms with Crippen LogP contribution in [0, 0.1) is 0 Å². The summed E-state index contributed by atoms with van der Waals surface area (Å²) >= 11 is 11.5. The fourth-order valence-electron chi connectivity index (χ4n) is 1.09. The average molecular weight is 218 g/mol. The van der Waals surface area contributed by atoms with Crippen LogP contribution in [0.15, 0.2) is 6.20 Å². The first-order chi connectivity index (χ1) is 6.22. The third-order valence-corrected chi connectivity index (χ3v) is 2.08. The average Bonchev–Trinajstić information content (AvgIpc) is 2.46. The lowest BCUT2D eigenvalue weighted by molar-refractivity contribution is 0.403. The normalized spacial score (nSPS) is 10.7. The number of H-pyrrole nitrogens is 1. The van der Waals surface area contributed by atoms with Crippen LogP contribution in [0.3, 0.4) is 0 Å². The van der Waals surface area contributed by atoms with Crippen LogP contribution < -0.4 is 4.74 Å². The van der Waals surface area contributed by atoms with E-state index in [0.29, 0.717) is 21.9 Å². The Bertz CT molecular complexity index is 454. The summed E-state index contributed by atoms with van der Waals surface area (Å²) in [5.74, 6) is 0.376. The van der Waals surface area contributed by atoms with Crippen molar-refractivity contribution in [1.82, 2.24) is 15.0 Å². The van der Waals surface area contributed by atoms with E-state index in [1.807, 2.05) is 0 Å². The van der Waals surface area contributed by atoms with Gasteiger partial charge in [0.25, 0.3) is 0 Å². The number of methoxy groups -OCH3 is 1. The lowest BCUT2D eigenvalue weighted by Gasteiger charge is -2.00. The molecule has 2 aromatic heterocycles. The molecule has 6 heteroatoms. The van der Waals surface area contributed by atoms with Crippen molar-refractivity contribution in [3.63, 3.8) is 0 Å². The summed E-state index contributed by atoms with van der Waals surface area (Å²) in [7, 11) is 1.50. The molecule has 0 bridgehead atoms. The Labute approximate surface area is 83.8 Å². The van der Waals surface area contributed by atoms with E-state index < -0.39 is 0 Å². The summed E-state index contributed by atoms with van der Waals surface area (Å²) in [5.41, 5.74) is 0.571. The van der Waals surface area contributed by atoms with Crippen LogP contribution in [-0.4, -0.2) is 22.1 Å². The van der Waals surface area contributed by atoms with E-state index in [9.17, 15) is 0 Å². The Morgan fingerprint density at radius 1 is 1.38 bits per heavy atom. The number of ether oxygens (including phenoxy) is 1. The molecule has 2 aromatic rings. The number of rotatable bonds is 1. The molecule has 0 radical (unpaired) electrons. The number of fused-ring (bicyclic) bond motifs is 1. The van der Waals surface area contributed by atoms with Gasteiger partial charge >= 0.3 is 0 Å². The third kappa shape index (κ3) is 1.32. The molecule has 0 atom stereocenters. The van der Waals surface area contributed by atoms with E-state index in [1.165, 1.54) is 7.11 Å². The molecule has 0 unspecified atom stereocenters. The van der Waals surface area contributed by atoms with Crippen LogP contribution in [0.25, 0.3) is 11.0 Å². The Morgan fingerprint density at radius 3 is 2.85 bits per heavy atom. The van der Waals surface area contributed by atoms with Gasteiger partial charge < -0.3 is 9.72 Å². The molecule has 1 N–H and O–H groups in total. The molecule has 0 saturated heterocycles. The molecule has 0 aliphatic heterocycles. The zero-order chi connectivity index (χ0) is 9.42. The summed E-state index contributed by atoms with van der Waals surface area (Å²) < 4.78 is 5.01. The van der Waals surface area contributed by atoms with Crippen molar-refractivity contribution < 1.29 is 4.74 Å². The van der Waals surface area contributed by atoms with Gasteiger partial charge in [-0.15, -0.1) is 0 Å². The SMILES string of the molecule is COc1nc(Cl)nc2[nH]cc(Cl)c12. The highest BCUT2D eigenvalue weighted by atomic mass is 35.5. The molecule has 0 fully saturated rings. The van der Waals surface area contributed by atoms with Gasteiger partial charge in [-0.2, -0.15) is 9.97 Å². The lowest BCUT2D eigenvalue weighted by atomic mass is 10.4. The standard InChI is InChI=1S/C7H5Cl2N3O/c1-13-6-4-3(8)2-10-5(4)11-7(9)12-6/h2H,1H3,(H,10,11,12). The minimum Gasteiger partial charge on any atom is -0.480 e. The number of nitrogens with zero attached hydrogens (tertiary/aromatic N) is 2. The van der Waals surface area contributed by atoms with E-state index in [2.05, 4.69) is 15.0 Å². The Balaban J connectivity index is 2.85. The maximum absolute atomic E-state index is 5.87. The van der Waals surface area contributed by atoms with E-state index in [0.717, 1.165) is 0 Å². The maximum Gasteiger partial charge on any atom is 0.228 e. The van der Waals surface area contributed by atoms with E-state index in [1.54, 1.807) is 6.20 Å². The number of aromatic nitrogens is 3. The van der Waals surface area contributed by atoms with Gasteiger partial charge in [0.15, 0.2) is 0 Å². The molecule has 2 heterocycles. The van der Waals surface area contributed by atoms with Crippen molar-refractivity contribution in [3.8, 4) is 5.88 Å². The summed E-state index contributed by atoms with van der Waals surface area (Å²) in [6, 6.07) is 0. The largest absolute Gasteiger partial charge is 0.480 e. The first-order valence-electron chi connectivity index (χ1n) is 3.46. The highest BCUT2D eigenvalue weighted by Crippen LogP contribution is 2.29. The first kappa shape index (κ1) is 8.59. The summed E-state index contributed by atoms with van der Waals surface area (Å²) in [6.45, 7) is 0. The summed E-state index contributed by atoms with van der Waals surface area (Å²) in [4.78, 5) is 10.7. The fourth-order valence-corrected chi connectivity index (χ4v) is 1.47. The van der Waals surface area contributed by atoms with Crippen LogP contribution in [0.5, 0.6) is 5.88 Å². The molecule has 0 aromatic carbocycles. The van der Waals surface area contributed by atoms with E-state index in [4.69, 9.17) is 27.9 Å². The third-order valence-electron chi connectivity index (χ3n) is 1.62. The monoisotopic (exact) mass is 217 g/mol. The second kappa shape index (κ2) is 3.05. The molecular formula is C7H5Cl2N3O. The zero-order valence-electron chi connectivity index (χ0n) is 6.64. The minimum absolute atomic E-state index is 0.128. The van der Waals surface area contributed by atoms with Gasteiger partial charge in [-0.05, 0) is 11.6 Å². The zero-order valence-corrected chi connectivity index (χ0v) is 8.15. The van der Waals surface area contributed by atoms with Crippen molar-refractivity contribution in [2.75, 3.05) is 7.11 Å². The van der Waals surface area contributed by atoms with Gasteiger partial charge in [-0.3, -0.25) is 0 Å². The molecular weight excluding hydrogens is 213 g/mol. The first-order valence-corrected chi connectivity index (χ1v) is 4.22. The van der Waals surface area contributed by atoms with Crippen LogP contribution in [0.2, 0.25) is 10.3 Å². The Morgan fingerprint density at radius 2 is 2.15 bits per heavy atom. The molecule has 68 valence electrons. The molecule has 2 rings (SSSR count). The quantitative estimate of drug-likeness (QED) is 0.747. The smallest absolute Gasteiger partial charge is 0.228 e. The topological polar surface area (TPSA) is 50.8 Å². The van der Waals surface area contributed by atoms with E-state index >= 15 is 0 Å². The molecule has 0 saturated carbocycles. The highest BCUT2D eigenvalue weighted by molar-refractivity contribution is 6.36. The number of halogens is 2. The molecule has 0 aliphatic carbocycles. The number of aromatic amines is 1. The van der Waals surface area contributed by atoms with Gasteiger partial charge in [0.05, 0.1) is 17.5 Å². The van der Waals surface area contributed by atoms with Crippen LogP contribution in [0.1, 0.15) is 0 Å². The minimum atomic E-state index is 0.128. The van der Waals surface area contributed by atoms with Crippen molar-refractivity contribution in [2.45, 2.75) is 0 Å². The van der Waals surface area contributed by atoms with Crippen molar-refractivity contribution >= 4 is 34.2 Å². The molecule has 13 heavy (non-hydrogen) atoms. The summed E-state index contributed by atoms with van der Waals surface area (Å²) in [5, 5.41) is 1.29. The number of hydrogen-bond donors (Lipinski definition) is 1. The molecule has 0 spiro atoms.